The van der Waals surface area contributed by atoms with Gasteiger partial charge in [0.15, 0.2) is 6.10 Å². The van der Waals surface area contributed by atoms with Crippen molar-refractivity contribution in [2.75, 3.05) is 9.96 Å². The molecule has 6 nitrogen and oxygen atoms in total. The van der Waals surface area contributed by atoms with Crippen LogP contribution in [-0.4, -0.2) is 23.0 Å². The van der Waals surface area contributed by atoms with E-state index in [1.54, 1.807) is 24.3 Å². The number of carbonyl (C=O) groups excluding carboxylic acids is 2. The van der Waals surface area contributed by atoms with Crippen LogP contribution in [0.3, 0.4) is 0 Å². The van der Waals surface area contributed by atoms with Crippen molar-refractivity contribution < 1.29 is 19.5 Å². The number of phenols is 1. The van der Waals surface area contributed by atoms with E-state index in [1.165, 1.54) is 16.0 Å². The summed E-state index contributed by atoms with van der Waals surface area (Å²) in [5.74, 6) is -1.97. The monoisotopic (exact) mass is 482 g/mol. The van der Waals surface area contributed by atoms with Crippen molar-refractivity contribution in [1.29, 1.82) is 0 Å². The highest BCUT2D eigenvalue weighted by atomic mass is 35.5. The molecule has 2 saturated heterocycles. The first-order valence-electron chi connectivity index (χ1n) is 10.4. The number of hydrogen-bond acceptors (Lipinski definition) is 5. The first-order valence-corrected chi connectivity index (χ1v) is 11.2. The molecule has 2 amide bonds. The highest BCUT2D eigenvalue weighted by Gasteiger charge is 2.61. The lowest BCUT2D eigenvalue weighted by molar-refractivity contribution is -0.126. The standard InChI is InChI=1S/C25H20Cl2N2O4/c1-13-8-9-19(14(2)10-13)28-24(31)20-21(17-11-15(26)12-18(27)22(17)30)29(33-23(20)25(28)32)16-6-4-3-5-7-16/h3-12,20-21,23,30H,1-2H3/t20-,21-,23-/m0/s1. The number of benzene rings is 3. The summed E-state index contributed by atoms with van der Waals surface area (Å²) < 4.78 is 0. The van der Waals surface area contributed by atoms with Crippen molar-refractivity contribution in [3.63, 3.8) is 0 Å². The Hall–Kier alpha value is -3.06. The van der Waals surface area contributed by atoms with Crippen LogP contribution >= 0.6 is 23.2 Å². The van der Waals surface area contributed by atoms with Gasteiger partial charge in [0.2, 0.25) is 5.91 Å². The molecule has 168 valence electrons. The van der Waals surface area contributed by atoms with E-state index in [-0.39, 0.29) is 10.8 Å². The van der Waals surface area contributed by atoms with E-state index in [2.05, 4.69) is 0 Å². The van der Waals surface area contributed by atoms with Crippen LogP contribution in [0.1, 0.15) is 22.7 Å². The number of amides is 2. The molecule has 2 fully saturated rings. The van der Waals surface area contributed by atoms with E-state index in [0.717, 1.165) is 11.1 Å². The molecule has 3 aromatic carbocycles. The second-order valence-electron chi connectivity index (χ2n) is 8.29. The van der Waals surface area contributed by atoms with E-state index < -0.39 is 29.9 Å². The van der Waals surface area contributed by atoms with Crippen LogP contribution in [0.4, 0.5) is 11.4 Å². The summed E-state index contributed by atoms with van der Waals surface area (Å²) in [7, 11) is 0. The summed E-state index contributed by atoms with van der Waals surface area (Å²) in [6, 6.07) is 16.8. The molecule has 3 aromatic rings. The number of phenolic OH excluding ortho intramolecular Hbond substituents is 1. The number of carbonyl (C=O) groups is 2. The molecule has 1 N–H and O–H groups in total. The number of aryl methyl sites for hydroxylation is 2. The molecule has 2 aliphatic heterocycles. The lowest BCUT2D eigenvalue weighted by Crippen LogP contribution is -2.37. The van der Waals surface area contributed by atoms with Gasteiger partial charge in [-0.1, -0.05) is 59.1 Å². The van der Waals surface area contributed by atoms with Gasteiger partial charge in [-0.25, -0.2) is 9.96 Å². The third-order valence-electron chi connectivity index (χ3n) is 6.10. The molecule has 0 bridgehead atoms. The van der Waals surface area contributed by atoms with Crippen molar-refractivity contribution in [3.8, 4) is 5.75 Å². The number of nitrogens with zero attached hydrogens (tertiary/aromatic N) is 2. The summed E-state index contributed by atoms with van der Waals surface area (Å²) in [6.07, 6.45) is -1.06. The second kappa shape index (κ2) is 8.06. The van der Waals surface area contributed by atoms with Crippen LogP contribution < -0.4 is 9.96 Å². The molecule has 0 aliphatic carbocycles. The van der Waals surface area contributed by atoms with Gasteiger partial charge in [-0.3, -0.25) is 14.4 Å². The highest BCUT2D eigenvalue weighted by Crippen LogP contribution is 2.51. The third-order valence-corrected chi connectivity index (χ3v) is 6.60. The number of hydroxylamine groups is 1. The number of fused-ring (bicyclic) bond motifs is 1. The normalized spacial score (nSPS) is 22.2. The zero-order valence-electron chi connectivity index (χ0n) is 17.8. The largest absolute Gasteiger partial charge is 0.506 e. The van der Waals surface area contributed by atoms with Crippen LogP contribution in [0.5, 0.6) is 5.75 Å². The first kappa shape index (κ1) is 21.8. The zero-order chi connectivity index (χ0) is 23.4. The minimum atomic E-state index is -1.06. The maximum atomic E-state index is 13.7. The Morgan fingerprint density at radius 3 is 2.36 bits per heavy atom. The average molecular weight is 483 g/mol. The van der Waals surface area contributed by atoms with Gasteiger partial charge in [-0.05, 0) is 49.7 Å². The van der Waals surface area contributed by atoms with Crippen molar-refractivity contribution in [2.24, 2.45) is 5.92 Å². The van der Waals surface area contributed by atoms with Gasteiger partial charge in [0.05, 0.1) is 22.4 Å². The van der Waals surface area contributed by atoms with Gasteiger partial charge in [0, 0.05) is 10.6 Å². The smallest absolute Gasteiger partial charge is 0.266 e. The second-order valence-corrected chi connectivity index (χ2v) is 9.13. The van der Waals surface area contributed by atoms with E-state index >= 15 is 0 Å². The van der Waals surface area contributed by atoms with E-state index in [9.17, 15) is 14.7 Å². The molecule has 3 atom stereocenters. The van der Waals surface area contributed by atoms with Crippen molar-refractivity contribution in [2.45, 2.75) is 26.0 Å². The molecular weight excluding hydrogens is 463 g/mol. The molecule has 0 spiro atoms. The molecule has 8 heteroatoms. The minimum Gasteiger partial charge on any atom is -0.506 e. The fourth-order valence-corrected chi connectivity index (χ4v) is 5.14. The van der Waals surface area contributed by atoms with Crippen LogP contribution in [-0.2, 0) is 14.4 Å². The molecule has 2 heterocycles. The Bertz CT molecular complexity index is 1280. The summed E-state index contributed by atoms with van der Waals surface area (Å²) in [5.41, 5.74) is 3.30. The van der Waals surface area contributed by atoms with Gasteiger partial charge >= 0.3 is 0 Å². The average Bonchev–Trinajstić information content (AvgIpc) is 3.28. The predicted octanol–water partition coefficient (Wildman–Crippen LogP) is 5.37. The molecule has 2 aliphatic rings. The number of halogens is 2. The molecule has 0 saturated carbocycles. The van der Waals surface area contributed by atoms with Gasteiger partial charge in [0.1, 0.15) is 11.7 Å². The van der Waals surface area contributed by atoms with Crippen LogP contribution in [0.2, 0.25) is 10.0 Å². The van der Waals surface area contributed by atoms with E-state index in [4.69, 9.17) is 28.0 Å². The maximum absolute atomic E-state index is 13.7. The Balaban J connectivity index is 1.65. The fourth-order valence-electron chi connectivity index (χ4n) is 4.63. The van der Waals surface area contributed by atoms with Crippen molar-refractivity contribution >= 4 is 46.4 Å². The van der Waals surface area contributed by atoms with Crippen molar-refractivity contribution in [3.05, 3.63) is 87.4 Å². The Labute approximate surface area is 200 Å². The quantitative estimate of drug-likeness (QED) is 0.508. The molecule has 5 rings (SSSR count). The third kappa shape index (κ3) is 3.46. The zero-order valence-corrected chi connectivity index (χ0v) is 19.3. The maximum Gasteiger partial charge on any atom is 0.266 e. The molecule has 0 radical (unpaired) electrons. The summed E-state index contributed by atoms with van der Waals surface area (Å²) >= 11 is 12.4. The van der Waals surface area contributed by atoms with Crippen molar-refractivity contribution in [1.82, 2.24) is 0 Å². The molecule has 33 heavy (non-hydrogen) atoms. The fraction of sp³-hybridized carbons (Fsp3) is 0.200. The van der Waals surface area contributed by atoms with Gasteiger partial charge in [0.25, 0.3) is 5.91 Å². The topological polar surface area (TPSA) is 70.1 Å². The van der Waals surface area contributed by atoms with E-state index in [1.807, 2.05) is 44.2 Å². The Kier molecular flexibility index (Phi) is 5.32. The molecular formula is C25H20Cl2N2O4. The summed E-state index contributed by atoms with van der Waals surface area (Å²) in [4.78, 5) is 34.5. The first-order chi connectivity index (χ1) is 15.8. The lowest BCUT2D eigenvalue weighted by atomic mass is 9.90. The van der Waals surface area contributed by atoms with Crippen LogP contribution in [0.25, 0.3) is 0 Å². The Morgan fingerprint density at radius 2 is 1.67 bits per heavy atom. The van der Waals surface area contributed by atoms with Crippen LogP contribution in [0, 0.1) is 19.8 Å². The van der Waals surface area contributed by atoms with Gasteiger partial charge in [-0.15, -0.1) is 0 Å². The number of anilines is 2. The predicted molar refractivity (Wildman–Crippen MR) is 127 cm³/mol. The number of imide groups is 1. The summed E-state index contributed by atoms with van der Waals surface area (Å²) in [5, 5.41) is 12.6. The summed E-state index contributed by atoms with van der Waals surface area (Å²) in [6.45, 7) is 3.80. The van der Waals surface area contributed by atoms with Crippen LogP contribution in [0.15, 0.2) is 60.7 Å². The lowest BCUT2D eigenvalue weighted by Gasteiger charge is -2.29. The highest BCUT2D eigenvalue weighted by molar-refractivity contribution is 6.35. The molecule has 0 aromatic heterocycles. The minimum absolute atomic E-state index is 0.0527. The number of hydrogen-bond donors (Lipinski definition) is 1. The number of rotatable bonds is 3. The van der Waals surface area contributed by atoms with Gasteiger partial charge in [-0.2, -0.15) is 0 Å². The molecule has 0 unspecified atom stereocenters. The number of aromatic hydroxyl groups is 1. The SMILES string of the molecule is Cc1ccc(N2C(=O)[C@@H]3[C@H](ON(c4ccccc4)[C@H]3c3cc(Cl)cc(Cl)c3O)C2=O)c(C)c1. The number of para-hydroxylation sites is 1. The van der Waals surface area contributed by atoms with Gasteiger partial charge < -0.3 is 5.11 Å². The van der Waals surface area contributed by atoms with E-state index in [0.29, 0.717) is 22.0 Å². The Morgan fingerprint density at radius 1 is 0.939 bits per heavy atom.